The van der Waals surface area contributed by atoms with E-state index in [4.69, 9.17) is 4.99 Å². The predicted molar refractivity (Wildman–Crippen MR) is 129 cm³/mol. The molecule has 3 aromatic carbocycles. The van der Waals surface area contributed by atoms with Crippen LogP contribution in [0.15, 0.2) is 77.8 Å². The van der Waals surface area contributed by atoms with Crippen molar-refractivity contribution >= 4 is 6.21 Å². The summed E-state index contributed by atoms with van der Waals surface area (Å²) < 4.78 is 0. The third-order valence-electron chi connectivity index (χ3n) is 7.52. The lowest BCUT2D eigenvalue weighted by molar-refractivity contribution is 0.421. The van der Waals surface area contributed by atoms with Crippen LogP contribution in [0.1, 0.15) is 56.2 Å². The van der Waals surface area contributed by atoms with Gasteiger partial charge in [0.2, 0.25) is 0 Å². The fraction of sp³-hybridized carbons (Fsp3) is 0.345. The number of rotatable bonds is 5. The van der Waals surface area contributed by atoms with E-state index in [2.05, 4.69) is 74.5 Å². The summed E-state index contributed by atoms with van der Waals surface area (Å²) in [5.41, 5.74) is 4.89. The van der Waals surface area contributed by atoms with Gasteiger partial charge in [-0.2, -0.15) is 0 Å². The van der Waals surface area contributed by atoms with Crippen LogP contribution >= 0.6 is 0 Å². The first kappa shape index (κ1) is 20.1. The molecule has 2 fully saturated rings. The molecule has 0 aliphatic heterocycles. The van der Waals surface area contributed by atoms with E-state index < -0.39 is 0 Å². The smallest absolute Gasteiger partial charge is 0.128 e. The Hall–Kier alpha value is -2.87. The minimum Gasteiger partial charge on any atom is -0.507 e. The van der Waals surface area contributed by atoms with Crippen LogP contribution in [0.3, 0.4) is 0 Å². The summed E-state index contributed by atoms with van der Waals surface area (Å²) in [6, 6.07) is 25.5. The van der Waals surface area contributed by atoms with E-state index >= 15 is 0 Å². The first-order valence-electron chi connectivity index (χ1n) is 11.5. The van der Waals surface area contributed by atoms with Gasteiger partial charge in [0, 0.05) is 22.8 Å². The molecule has 1 N–H and O–H groups in total. The average molecular weight is 410 g/mol. The Morgan fingerprint density at radius 1 is 0.871 bits per heavy atom. The summed E-state index contributed by atoms with van der Waals surface area (Å²) >= 11 is 0. The van der Waals surface area contributed by atoms with Crippen LogP contribution in [0, 0.1) is 11.8 Å². The first-order chi connectivity index (χ1) is 15.0. The van der Waals surface area contributed by atoms with Crippen LogP contribution in [0.4, 0.5) is 0 Å². The molecule has 3 atom stereocenters. The maximum absolute atomic E-state index is 11.4. The molecule has 0 radical (unpaired) electrons. The molecular weight excluding hydrogens is 378 g/mol. The van der Waals surface area contributed by atoms with E-state index in [-0.39, 0.29) is 5.41 Å². The van der Waals surface area contributed by atoms with Crippen LogP contribution in [-0.4, -0.2) is 17.4 Å². The van der Waals surface area contributed by atoms with Crippen LogP contribution in [0.2, 0.25) is 0 Å². The monoisotopic (exact) mass is 409 g/mol. The second-order valence-corrected chi connectivity index (χ2v) is 9.84. The lowest BCUT2D eigenvalue weighted by atomic mass is 9.76. The molecule has 2 heteroatoms. The highest BCUT2D eigenvalue weighted by Crippen LogP contribution is 2.46. The van der Waals surface area contributed by atoms with Gasteiger partial charge in [0.1, 0.15) is 5.75 Å². The van der Waals surface area contributed by atoms with Crippen molar-refractivity contribution < 1.29 is 5.11 Å². The van der Waals surface area contributed by atoms with Gasteiger partial charge in [-0.15, -0.1) is 0 Å². The van der Waals surface area contributed by atoms with Crippen molar-refractivity contribution in [1.29, 1.82) is 0 Å². The van der Waals surface area contributed by atoms with Gasteiger partial charge < -0.3 is 5.11 Å². The van der Waals surface area contributed by atoms with E-state index in [0.717, 1.165) is 34.1 Å². The summed E-state index contributed by atoms with van der Waals surface area (Å²) in [4.78, 5) is 4.98. The Kier molecular flexibility index (Phi) is 5.17. The quantitative estimate of drug-likeness (QED) is 0.452. The number of hydrogen-bond donors (Lipinski definition) is 1. The lowest BCUT2D eigenvalue weighted by Gasteiger charge is -2.28. The highest BCUT2D eigenvalue weighted by Gasteiger charge is 2.39. The summed E-state index contributed by atoms with van der Waals surface area (Å²) in [5, 5.41) is 11.4. The van der Waals surface area contributed by atoms with Gasteiger partial charge in [0.05, 0.1) is 6.04 Å². The number of phenolic OH excluding ortho intramolecular Hbond substituents is 1. The number of nitrogens with zero attached hydrogens (tertiary/aromatic N) is 1. The number of aliphatic imine (C=N–C) groups is 1. The molecule has 0 aromatic heterocycles. The molecule has 3 aromatic rings. The molecule has 2 saturated carbocycles. The highest BCUT2D eigenvalue weighted by molar-refractivity contribution is 5.88. The third-order valence-corrected chi connectivity index (χ3v) is 7.52. The van der Waals surface area contributed by atoms with E-state index in [0.29, 0.717) is 11.8 Å². The zero-order valence-corrected chi connectivity index (χ0v) is 18.5. The first-order valence-corrected chi connectivity index (χ1v) is 11.5. The third kappa shape index (κ3) is 3.80. The highest BCUT2D eigenvalue weighted by atomic mass is 16.3. The molecule has 2 nitrogen and oxygen atoms in total. The van der Waals surface area contributed by atoms with Crippen molar-refractivity contribution in [2.45, 2.75) is 51.0 Å². The summed E-state index contributed by atoms with van der Waals surface area (Å²) in [7, 11) is 0. The molecule has 0 saturated heterocycles. The Bertz CT molecular complexity index is 1080. The number of hydrogen-bond acceptors (Lipinski definition) is 2. The van der Waals surface area contributed by atoms with Gasteiger partial charge in [-0.25, -0.2) is 0 Å². The van der Waals surface area contributed by atoms with Crippen molar-refractivity contribution in [3.8, 4) is 16.9 Å². The van der Waals surface area contributed by atoms with E-state index in [1.54, 1.807) is 0 Å². The van der Waals surface area contributed by atoms with Gasteiger partial charge in [-0.05, 0) is 59.9 Å². The Balaban J connectivity index is 1.59. The second kappa shape index (κ2) is 8.00. The minimum absolute atomic E-state index is 0.328. The Morgan fingerprint density at radius 3 is 2.23 bits per heavy atom. The van der Waals surface area contributed by atoms with E-state index in [1.807, 2.05) is 18.3 Å². The maximum atomic E-state index is 11.4. The second-order valence-electron chi connectivity index (χ2n) is 9.84. The van der Waals surface area contributed by atoms with Crippen molar-refractivity contribution in [1.82, 2.24) is 0 Å². The Morgan fingerprint density at radius 2 is 1.58 bits per heavy atom. The SMILES string of the molecule is CC(C)(c1ccccc1)c1cc(-c2ccccc2)cc(C=NC2CC3CCC2C3)c1O. The van der Waals surface area contributed by atoms with Crippen molar-refractivity contribution in [2.24, 2.45) is 16.8 Å². The van der Waals surface area contributed by atoms with E-state index in [9.17, 15) is 5.11 Å². The van der Waals surface area contributed by atoms with Crippen molar-refractivity contribution in [2.75, 3.05) is 0 Å². The fourth-order valence-corrected chi connectivity index (χ4v) is 5.61. The molecule has 0 heterocycles. The van der Waals surface area contributed by atoms with Gasteiger partial charge >= 0.3 is 0 Å². The normalized spacial score (nSPS) is 23.0. The van der Waals surface area contributed by atoms with Crippen LogP contribution in [0.5, 0.6) is 5.75 Å². The molecule has 3 unspecified atom stereocenters. The number of benzene rings is 3. The van der Waals surface area contributed by atoms with Gasteiger partial charge in [0.15, 0.2) is 0 Å². The average Bonchev–Trinajstić information content (AvgIpc) is 3.43. The molecule has 5 rings (SSSR count). The number of phenols is 1. The van der Waals surface area contributed by atoms with Gasteiger partial charge in [-0.3, -0.25) is 4.99 Å². The van der Waals surface area contributed by atoms with Gasteiger partial charge in [-0.1, -0.05) is 80.9 Å². The summed E-state index contributed by atoms with van der Waals surface area (Å²) in [6.07, 6.45) is 7.18. The minimum atomic E-state index is -0.328. The van der Waals surface area contributed by atoms with Crippen LogP contribution < -0.4 is 0 Å². The zero-order valence-electron chi connectivity index (χ0n) is 18.5. The molecule has 2 aliphatic carbocycles. The molecule has 0 amide bonds. The fourth-order valence-electron chi connectivity index (χ4n) is 5.61. The maximum Gasteiger partial charge on any atom is 0.128 e. The van der Waals surface area contributed by atoms with Crippen LogP contribution in [-0.2, 0) is 5.41 Å². The molecular formula is C29H31NO. The largest absolute Gasteiger partial charge is 0.507 e. The van der Waals surface area contributed by atoms with Crippen molar-refractivity contribution in [3.05, 3.63) is 89.5 Å². The summed E-state index contributed by atoms with van der Waals surface area (Å²) in [6.45, 7) is 4.37. The topological polar surface area (TPSA) is 32.6 Å². The summed E-state index contributed by atoms with van der Waals surface area (Å²) in [5.74, 6) is 1.95. The predicted octanol–water partition coefficient (Wildman–Crippen LogP) is 6.99. The lowest BCUT2D eigenvalue weighted by Crippen LogP contribution is -2.20. The standard InChI is InChI=1S/C29H31NO/c1-29(2,25-11-7-4-8-12-25)26-18-23(21-9-5-3-6-10-21)17-24(28(26)31)19-30-27-16-20-13-14-22(27)15-20/h3-12,17-20,22,27,31H,13-16H2,1-2H3. The zero-order chi connectivity index (χ0) is 21.4. The molecule has 0 spiro atoms. The molecule has 31 heavy (non-hydrogen) atoms. The van der Waals surface area contributed by atoms with Gasteiger partial charge in [0.25, 0.3) is 0 Å². The van der Waals surface area contributed by atoms with Crippen molar-refractivity contribution in [3.63, 3.8) is 0 Å². The molecule has 2 bridgehead atoms. The Labute approximate surface area is 185 Å². The molecule has 158 valence electrons. The van der Waals surface area contributed by atoms with E-state index in [1.165, 1.54) is 31.2 Å². The number of fused-ring (bicyclic) bond motifs is 2. The molecule has 2 aliphatic rings. The van der Waals surface area contributed by atoms with Crippen LogP contribution in [0.25, 0.3) is 11.1 Å². The number of aromatic hydroxyl groups is 1.